The highest BCUT2D eigenvalue weighted by Gasteiger charge is 2.42. The molecule has 0 spiro atoms. The zero-order valence-corrected chi connectivity index (χ0v) is 10.4. The minimum absolute atomic E-state index is 0.699. The van der Waals surface area contributed by atoms with Gasteiger partial charge in [0.1, 0.15) is 0 Å². The van der Waals surface area contributed by atoms with Crippen LogP contribution in [0.4, 0.5) is 0 Å². The van der Waals surface area contributed by atoms with E-state index in [1.807, 2.05) is 0 Å². The van der Waals surface area contributed by atoms with E-state index in [0.29, 0.717) is 6.04 Å². The second-order valence-electron chi connectivity index (χ2n) is 6.21. The van der Waals surface area contributed by atoms with E-state index >= 15 is 0 Å². The standard InChI is InChI=1S/C15H20N2/c1-9-13-6-12-4-10-5-14(9)17-15(13)7-11(12)2-3-16-8-10/h3,7,9-10,13-14,17H,2,4-6,8H2,1H3. The minimum atomic E-state index is 0.699. The molecule has 1 N–H and O–H groups in total. The fourth-order valence-electron chi connectivity index (χ4n) is 4.15. The van der Waals surface area contributed by atoms with Gasteiger partial charge < -0.3 is 5.32 Å². The van der Waals surface area contributed by atoms with Crippen LogP contribution in [0.5, 0.6) is 0 Å². The predicted octanol–water partition coefficient (Wildman–Crippen LogP) is 2.68. The molecule has 1 saturated heterocycles. The van der Waals surface area contributed by atoms with Crippen molar-refractivity contribution in [3.8, 4) is 0 Å². The van der Waals surface area contributed by atoms with Crippen molar-refractivity contribution in [2.75, 3.05) is 6.54 Å². The summed E-state index contributed by atoms with van der Waals surface area (Å²) in [5, 5.41) is 3.80. The molecule has 4 aliphatic rings. The van der Waals surface area contributed by atoms with Crippen molar-refractivity contribution in [2.45, 2.75) is 38.6 Å². The zero-order valence-electron chi connectivity index (χ0n) is 10.4. The molecule has 0 aromatic carbocycles. The summed E-state index contributed by atoms with van der Waals surface area (Å²) >= 11 is 0. The van der Waals surface area contributed by atoms with Crippen molar-refractivity contribution in [1.29, 1.82) is 0 Å². The lowest BCUT2D eigenvalue weighted by Gasteiger charge is -2.32. The molecule has 2 heteroatoms. The summed E-state index contributed by atoms with van der Waals surface area (Å²) in [5.74, 6) is 2.36. The molecule has 0 aromatic heterocycles. The summed E-state index contributed by atoms with van der Waals surface area (Å²) in [6.45, 7) is 3.48. The maximum absolute atomic E-state index is 4.60. The van der Waals surface area contributed by atoms with Crippen LogP contribution in [0, 0.1) is 17.8 Å². The van der Waals surface area contributed by atoms with Gasteiger partial charge in [-0.25, -0.2) is 0 Å². The Labute approximate surface area is 103 Å². The Balaban J connectivity index is 1.84. The van der Waals surface area contributed by atoms with Crippen LogP contribution >= 0.6 is 0 Å². The van der Waals surface area contributed by atoms with Gasteiger partial charge >= 0.3 is 0 Å². The van der Waals surface area contributed by atoms with Crippen LogP contribution in [0.15, 0.2) is 27.9 Å². The van der Waals surface area contributed by atoms with Crippen molar-refractivity contribution in [3.05, 3.63) is 22.9 Å². The van der Waals surface area contributed by atoms with Gasteiger partial charge in [-0.05, 0) is 42.7 Å². The van der Waals surface area contributed by atoms with E-state index in [1.165, 1.54) is 25.0 Å². The van der Waals surface area contributed by atoms with Crippen LogP contribution in [0.1, 0.15) is 32.6 Å². The summed E-state index contributed by atoms with van der Waals surface area (Å²) < 4.78 is 0. The molecular formula is C15H20N2. The van der Waals surface area contributed by atoms with Crippen LogP contribution in [-0.2, 0) is 0 Å². The number of nitrogens with zero attached hydrogens (tertiary/aromatic N) is 1. The van der Waals surface area contributed by atoms with Crippen molar-refractivity contribution in [1.82, 2.24) is 5.32 Å². The van der Waals surface area contributed by atoms with Gasteiger partial charge in [-0.15, -0.1) is 0 Å². The number of allylic oxidation sites excluding steroid dienone is 4. The minimum Gasteiger partial charge on any atom is -0.385 e. The average Bonchev–Trinajstić information content (AvgIpc) is 2.62. The molecule has 2 fully saturated rings. The van der Waals surface area contributed by atoms with Gasteiger partial charge in [-0.3, -0.25) is 4.99 Å². The molecule has 4 unspecified atom stereocenters. The second-order valence-corrected chi connectivity index (χ2v) is 6.21. The first kappa shape index (κ1) is 9.93. The van der Waals surface area contributed by atoms with E-state index < -0.39 is 0 Å². The monoisotopic (exact) mass is 228 g/mol. The molecule has 17 heavy (non-hydrogen) atoms. The van der Waals surface area contributed by atoms with E-state index in [-0.39, 0.29) is 0 Å². The van der Waals surface area contributed by atoms with Crippen molar-refractivity contribution < 1.29 is 0 Å². The number of nitrogens with one attached hydrogen (secondary N) is 1. The van der Waals surface area contributed by atoms with Crippen LogP contribution in [0.2, 0.25) is 0 Å². The largest absolute Gasteiger partial charge is 0.385 e. The van der Waals surface area contributed by atoms with Gasteiger partial charge in [0.25, 0.3) is 0 Å². The summed E-state index contributed by atoms with van der Waals surface area (Å²) in [5.41, 5.74) is 4.83. The Hall–Kier alpha value is -1.05. The highest BCUT2D eigenvalue weighted by atomic mass is 15.0. The molecule has 1 saturated carbocycles. The lowest BCUT2D eigenvalue weighted by molar-refractivity contribution is 0.306. The quantitative estimate of drug-likeness (QED) is 0.677. The van der Waals surface area contributed by atoms with Crippen molar-refractivity contribution in [2.24, 2.45) is 22.7 Å². The SMILES string of the molecule is CC1C2CC3CN=CCC4=C(C3)CC1C(=C4)N2. The molecular weight excluding hydrogens is 208 g/mol. The molecule has 4 bridgehead atoms. The second kappa shape index (κ2) is 3.47. The molecule has 2 aliphatic heterocycles. The first-order chi connectivity index (χ1) is 8.31. The molecule has 4 rings (SSSR count). The van der Waals surface area contributed by atoms with Crippen LogP contribution in [0.25, 0.3) is 0 Å². The number of hydrogen-bond acceptors (Lipinski definition) is 2. The molecule has 2 aliphatic carbocycles. The molecule has 4 atom stereocenters. The van der Waals surface area contributed by atoms with Gasteiger partial charge in [0.15, 0.2) is 0 Å². The lowest BCUT2D eigenvalue weighted by atomic mass is 9.73. The Morgan fingerprint density at radius 3 is 3.24 bits per heavy atom. The molecule has 90 valence electrons. The number of rotatable bonds is 0. The van der Waals surface area contributed by atoms with Gasteiger partial charge in [0.2, 0.25) is 0 Å². The van der Waals surface area contributed by atoms with Gasteiger partial charge in [0, 0.05) is 36.8 Å². The normalized spacial score (nSPS) is 42.8. The van der Waals surface area contributed by atoms with E-state index in [2.05, 4.69) is 29.5 Å². The van der Waals surface area contributed by atoms with Crippen LogP contribution < -0.4 is 5.32 Å². The molecule has 0 radical (unpaired) electrons. The third-order valence-electron chi connectivity index (χ3n) is 5.20. The van der Waals surface area contributed by atoms with Gasteiger partial charge in [0.05, 0.1) is 0 Å². The van der Waals surface area contributed by atoms with Crippen LogP contribution in [0.3, 0.4) is 0 Å². The Bertz CT molecular complexity index is 444. The fourth-order valence-corrected chi connectivity index (χ4v) is 4.15. The maximum Gasteiger partial charge on any atom is 0.0417 e. The maximum atomic E-state index is 4.60. The Morgan fingerprint density at radius 1 is 1.35 bits per heavy atom. The molecule has 2 heterocycles. The van der Waals surface area contributed by atoms with E-state index in [0.717, 1.165) is 30.7 Å². The van der Waals surface area contributed by atoms with E-state index in [9.17, 15) is 0 Å². The first-order valence-corrected chi connectivity index (χ1v) is 6.98. The molecule has 0 aromatic rings. The third kappa shape index (κ3) is 1.42. The van der Waals surface area contributed by atoms with Gasteiger partial charge in [-0.1, -0.05) is 12.5 Å². The zero-order chi connectivity index (χ0) is 11.4. The highest BCUT2D eigenvalue weighted by Crippen LogP contribution is 2.46. The topological polar surface area (TPSA) is 24.4 Å². The first-order valence-electron chi connectivity index (χ1n) is 6.98. The summed E-state index contributed by atoms with van der Waals surface area (Å²) in [4.78, 5) is 4.60. The van der Waals surface area contributed by atoms with Gasteiger partial charge in [-0.2, -0.15) is 0 Å². The fraction of sp³-hybridized carbons (Fsp3) is 0.667. The lowest BCUT2D eigenvalue weighted by Crippen LogP contribution is -2.30. The predicted molar refractivity (Wildman–Crippen MR) is 70.0 cm³/mol. The summed E-state index contributed by atoms with van der Waals surface area (Å²) in [6.07, 6.45) is 9.57. The van der Waals surface area contributed by atoms with Crippen LogP contribution in [-0.4, -0.2) is 18.8 Å². The number of fused-ring (bicyclic) bond motifs is 2. The highest BCUT2D eigenvalue weighted by molar-refractivity contribution is 5.64. The van der Waals surface area contributed by atoms with E-state index in [4.69, 9.17) is 0 Å². The number of hydrogen-bond donors (Lipinski definition) is 1. The summed E-state index contributed by atoms with van der Waals surface area (Å²) in [6, 6.07) is 0.699. The summed E-state index contributed by atoms with van der Waals surface area (Å²) in [7, 11) is 0. The third-order valence-corrected chi connectivity index (χ3v) is 5.20. The van der Waals surface area contributed by atoms with Crippen molar-refractivity contribution in [3.63, 3.8) is 0 Å². The Kier molecular flexibility index (Phi) is 2.03. The molecule has 2 nitrogen and oxygen atoms in total. The number of aliphatic imine (C=N–C) groups is 1. The Morgan fingerprint density at radius 2 is 2.29 bits per heavy atom. The van der Waals surface area contributed by atoms with Crippen molar-refractivity contribution >= 4 is 6.21 Å². The average molecular weight is 228 g/mol. The van der Waals surface area contributed by atoms with E-state index in [1.54, 1.807) is 11.1 Å². The smallest absolute Gasteiger partial charge is 0.0417 e. The molecule has 0 amide bonds.